The molecule has 18 heavy (non-hydrogen) atoms. The standard InChI is InChI=1S/C13H20BrNO2S/c1-13(2,11-7-10(14)8-18-11)9-15-6-4-3-5-12(16)17/h7-8,15H,3-6,9H2,1-2H3,(H,16,17). The molecule has 0 aliphatic carbocycles. The van der Waals surface area contributed by atoms with E-state index in [1.807, 2.05) is 0 Å². The molecule has 0 aliphatic rings. The molecule has 2 N–H and O–H groups in total. The SMILES string of the molecule is CC(C)(CNCCCCC(=O)O)c1cc(Br)cs1. The van der Waals surface area contributed by atoms with Gasteiger partial charge in [-0.25, -0.2) is 0 Å². The van der Waals surface area contributed by atoms with E-state index in [0.717, 1.165) is 30.4 Å². The third kappa shape index (κ3) is 5.50. The minimum absolute atomic E-state index is 0.115. The van der Waals surface area contributed by atoms with Crippen LogP contribution in [0, 0.1) is 0 Å². The van der Waals surface area contributed by atoms with Gasteiger partial charge in [-0.05, 0) is 41.4 Å². The molecule has 0 saturated carbocycles. The van der Waals surface area contributed by atoms with Crippen LogP contribution >= 0.6 is 27.3 Å². The van der Waals surface area contributed by atoms with E-state index in [4.69, 9.17) is 5.11 Å². The third-order valence-electron chi connectivity index (χ3n) is 2.80. The highest BCUT2D eigenvalue weighted by Crippen LogP contribution is 2.30. The molecule has 0 unspecified atom stereocenters. The van der Waals surface area contributed by atoms with Gasteiger partial charge in [-0.3, -0.25) is 4.79 Å². The van der Waals surface area contributed by atoms with E-state index in [1.54, 1.807) is 11.3 Å². The van der Waals surface area contributed by atoms with Crippen LogP contribution in [0.5, 0.6) is 0 Å². The van der Waals surface area contributed by atoms with Gasteiger partial charge in [-0.1, -0.05) is 13.8 Å². The van der Waals surface area contributed by atoms with Crippen LogP contribution in [0.2, 0.25) is 0 Å². The van der Waals surface area contributed by atoms with Gasteiger partial charge in [0.25, 0.3) is 0 Å². The van der Waals surface area contributed by atoms with Crippen molar-refractivity contribution < 1.29 is 9.90 Å². The summed E-state index contributed by atoms with van der Waals surface area (Å²) in [6.45, 7) is 6.22. The molecule has 1 heterocycles. The second kappa shape index (κ2) is 7.26. The summed E-state index contributed by atoms with van der Waals surface area (Å²) in [6.07, 6.45) is 1.92. The molecule has 1 aromatic rings. The van der Waals surface area contributed by atoms with Gasteiger partial charge in [-0.15, -0.1) is 11.3 Å². The Morgan fingerprint density at radius 1 is 1.50 bits per heavy atom. The molecule has 0 aliphatic heterocycles. The zero-order valence-corrected chi connectivity index (χ0v) is 13.2. The summed E-state index contributed by atoms with van der Waals surface area (Å²) in [4.78, 5) is 11.7. The molecule has 102 valence electrons. The maximum Gasteiger partial charge on any atom is 0.303 e. The van der Waals surface area contributed by atoms with Gasteiger partial charge >= 0.3 is 5.97 Å². The number of carbonyl (C=O) groups is 1. The number of hydrogen-bond acceptors (Lipinski definition) is 3. The first-order valence-electron chi connectivity index (χ1n) is 6.09. The summed E-state index contributed by atoms with van der Waals surface area (Å²) < 4.78 is 1.14. The summed E-state index contributed by atoms with van der Waals surface area (Å²) >= 11 is 5.24. The summed E-state index contributed by atoms with van der Waals surface area (Å²) in [5, 5.41) is 14.0. The van der Waals surface area contributed by atoms with Crippen molar-refractivity contribution >= 4 is 33.2 Å². The van der Waals surface area contributed by atoms with E-state index in [-0.39, 0.29) is 11.8 Å². The second-order valence-corrected chi connectivity index (χ2v) is 6.87. The number of aliphatic carboxylic acids is 1. The van der Waals surface area contributed by atoms with Crippen molar-refractivity contribution in [2.45, 2.75) is 38.5 Å². The first-order valence-corrected chi connectivity index (χ1v) is 7.76. The lowest BCUT2D eigenvalue weighted by molar-refractivity contribution is -0.137. The van der Waals surface area contributed by atoms with Gasteiger partial charge in [0.15, 0.2) is 0 Å². The monoisotopic (exact) mass is 333 g/mol. The smallest absolute Gasteiger partial charge is 0.303 e. The molecule has 5 heteroatoms. The lowest BCUT2D eigenvalue weighted by atomic mass is 9.91. The molecule has 0 radical (unpaired) electrons. The summed E-state index contributed by atoms with van der Waals surface area (Å²) in [5.74, 6) is -0.709. The number of halogens is 1. The Balaban J connectivity index is 2.23. The number of rotatable bonds is 8. The molecule has 1 rings (SSSR count). The fraction of sp³-hybridized carbons (Fsp3) is 0.615. The Labute approximate surface area is 121 Å². The van der Waals surface area contributed by atoms with Crippen LogP contribution in [0.3, 0.4) is 0 Å². The first-order chi connectivity index (χ1) is 8.42. The van der Waals surface area contributed by atoms with Crippen molar-refractivity contribution in [2.24, 2.45) is 0 Å². The third-order valence-corrected chi connectivity index (χ3v) is 4.85. The Morgan fingerprint density at radius 3 is 2.78 bits per heavy atom. The van der Waals surface area contributed by atoms with Gasteiger partial charge in [0.1, 0.15) is 0 Å². The van der Waals surface area contributed by atoms with Gasteiger partial charge in [0, 0.05) is 33.1 Å². The second-order valence-electron chi connectivity index (χ2n) is 5.04. The van der Waals surface area contributed by atoms with Gasteiger partial charge in [-0.2, -0.15) is 0 Å². The molecule has 3 nitrogen and oxygen atoms in total. The van der Waals surface area contributed by atoms with Crippen LogP contribution < -0.4 is 5.32 Å². The normalized spacial score (nSPS) is 11.7. The average Bonchev–Trinajstić information content (AvgIpc) is 2.70. The number of nitrogens with one attached hydrogen (secondary N) is 1. The summed E-state index contributed by atoms with van der Waals surface area (Å²) in [5.41, 5.74) is 0.115. The van der Waals surface area contributed by atoms with Crippen LogP contribution in [0.4, 0.5) is 0 Å². The van der Waals surface area contributed by atoms with E-state index >= 15 is 0 Å². The zero-order chi connectivity index (χ0) is 13.6. The van der Waals surface area contributed by atoms with Gasteiger partial charge in [0.2, 0.25) is 0 Å². The fourth-order valence-corrected chi connectivity index (χ4v) is 3.24. The van der Waals surface area contributed by atoms with Crippen molar-refractivity contribution in [3.8, 4) is 0 Å². The van der Waals surface area contributed by atoms with Crippen LogP contribution in [-0.4, -0.2) is 24.2 Å². The largest absolute Gasteiger partial charge is 0.481 e. The fourth-order valence-electron chi connectivity index (χ4n) is 1.68. The van der Waals surface area contributed by atoms with Crippen molar-refractivity contribution in [3.63, 3.8) is 0 Å². The van der Waals surface area contributed by atoms with Crippen LogP contribution in [0.15, 0.2) is 15.9 Å². The molecule has 1 aromatic heterocycles. The molecule has 0 spiro atoms. The predicted molar refractivity (Wildman–Crippen MR) is 79.4 cm³/mol. The Kier molecular flexibility index (Phi) is 6.32. The minimum atomic E-state index is -0.709. The Hall–Kier alpha value is -0.390. The number of thiophene rings is 1. The van der Waals surface area contributed by atoms with Crippen molar-refractivity contribution in [1.82, 2.24) is 5.32 Å². The van der Waals surface area contributed by atoms with Crippen LogP contribution in [0.25, 0.3) is 0 Å². The molecular weight excluding hydrogens is 314 g/mol. The first kappa shape index (κ1) is 15.7. The van der Waals surface area contributed by atoms with Crippen molar-refractivity contribution in [2.75, 3.05) is 13.1 Å². The topological polar surface area (TPSA) is 49.3 Å². The quantitative estimate of drug-likeness (QED) is 0.714. The molecule has 0 amide bonds. The van der Waals surface area contributed by atoms with Crippen LogP contribution in [-0.2, 0) is 10.2 Å². The van der Waals surface area contributed by atoms with E-state index in [0.29, 0.717) is 0 Å². The molecule has 0 fully saturated rings. The van der Waals surface area contributed by atoms with Gasteiger partial charge < -0.3 is 10.4 Å². The number of unbranched alkanes of at least 4 members (excludes halogenated alkanes) is 1. The highest BCUT2D eigenvalue weighted by atomic mass is 79.9. The van der Waals surface area contributed by atoms with Crippen molar-refractivity contribution in [3.05, 3.63) is 20.8 Å². The highest BCUT2D eigenvalue weighted by molar-refractivity contribution is 9.10. The minimum Gasteiger partial charge on any atom is -0.481 e. The van der Waals surface area contributed by atoms with Crippen LogP contribution in [0.1, 0.15) is 38.0 Å². The number of carboxylic acids is 1. The highest BCUT2D eigenvalue weighted by Gasteiger charge is 2.21. The predicted octanol–water partition coefficient (Wildman–Crippen LogP) is 3.63. The molecule has 0 saturated heterocycles. The maximum absolute atomic E-state index is 10.4. The lowest BCUT2D eigenvalue weighted by Gasteiger charge is -2.23. The average molecular weight is 334 g/mol. The van der Waals surface area contributed by atoms with E-state index < -0.39 is 5.97 Å². The maximum atomic E-state index is 10.4. The van der Waals surface area contributed by atoms with Crippen molar-refractivity contribution in [1.29, 1.82) is 0 Å². The Morgan fingerprint density at radius 2 is 2.22 bits per heavy atom. The molecule has 0 aromatic carbocycles. The van der Waals surface area contributed by atoms with E-state index in [2.05, 4.69) is 46.5 Å². The molecular formula is C13H20BrNO2S. The summed E-state index contributed by atoms with van der Waals surface area (Å²) in [6, 6.07) is 2.16. The number of hydrogen-bond donors (Lipinski definition) is 2. The zero-order valence-electron chi connectivity index (χ0n) is 10.8. The van der Waals surface area contributed by atoms with E-state index in [9.17, 15) is 4.79 Å². The summed E-state index contributed by atoms with van der Waals surface area (Å²) in [7, 11) is 0. The number of carboxylic acid groups (broad SMARTS) is 1. The van der Waals surface area contributed by atoms with E-state index in [1.165, 1.54) is 4.88 Å². The molecule has 0 bridgehead atoms. The Bertz CT molecular complexity index is 390. The lowest BCUT2D eigenvalue weighted by Crippen LogP contribution is -2.32. The molecule has 0 atom stereocenters. The van der Waals surface area contributed by atoms with Gasteiger partial charge in [0.05, 0.1) is 0 Å².